The summed E-state index contributed by atoms with van der Waals surface area (Å²) in [5.74, 6) is -0.108. The zero-order chi connectivity index (χ0) is 20.5. The number of aryl methyl sites for hydroxylation is 1. The summed E-state index contributed by atoms with van der Waals surface area (Å²) in [5.41, 5.74) is 4.26. The molecule has 0 bridgehead atoms. The van der Waals surface area contributed by atoms with Gasteiger partial charge >= 0.3 is 5.97 Å². The van der Waals surface area contributed by atoms with Crippen LogP contribution in [-0.4, -0.2) is 23.9 Å². The Morgan fingerprint density at radius 3 is 2.79 bits per heavy atom. The number of rotatable bonds is 6. The largest absolute Gasteiger partial charge is 0.481 e. The van der Waals surface area contributed by atoms with Crippen molar-refractivity contribution in [2.45, 2.75) is 71.1 Å². The van der Waals surface area contributed by atoms with E-state index in [0.29, 0.717) is 12.5 Å². The first-order valence-corrected chi connectivity index (χ1v) is 10.4. The van der Waals surface area contributed by atoms with E-state index >= 15 is 0 Å². The van der Waals surface area contributed by atoms with Gasteiger partial charge in [0.1, 0.15) is 6.61 Å². The minimum atomic E-state index is -0.650. The maximum Gasteiger partial charge on any atom is 0.309 e. The fourth-order valence-electron chi connectivity index (χ4n) is 5.61. The summed E-state index contributed by atoms with van der Waals surface area (Å²) in [6.07, 6.45) is 8.12. The molecule has 1 fully saturated rings. The molecule has 4 nitrogen and oxygen atoms in total. The van der Waals surface area contributed by atoms with Gasteiger partial charge in [-0.15, -0.1) is 0 Å². The quantitative estimate of drug-likeness (QED) is 0.308. The molecule has 4 heteroatoms. The third-order valence-corrected chi connectivity index (χ3v) is 7.13. The van der Waals surface area contributed by atoms with Crippen molar-refractivity contribution in [2.24, 2.45) is 16.5 Å². The first-order valence-electron chi connectivity index (χ1n) is 10.4. The van der Waals surface area contributed by atoms with E-state index in [1.54, 1.807) is 12.3 Å². The zero-order valence-corrected chi connectivity index (χ0v) is 17.6. The van der Waals surface area contributed by atoms with Gasteiger partial charge in [-0.05, 0) is 78.2 Å². The van der Waals surface area contributed by atoms with Gasteiger partial charge in [-0.2, -0.15) is 0 Å². The number of benzene rings is 1. The standard InChI is InChI=1S/C24H33NO3/c1-6-12-28-25-15-18-14-20-17(13-19(18)16(2)3)8-9-21-23(20,4)10-7-11-24(21,5)22(26)27/h6,13-16,21H,1,7-12H2,2-5H3,(H,26,27)/b25-15+/t21?,23-,24-/m1/s1. The molecule has 0 aliphatic heterocycles. The highest BCUT2D eigenvalue weighted by molar-refractivity contribution is 5.83. The first-order chi connectivity index (χ1) is 13.2. The lowest BCUT2D eigenvalue weighted by atomic mass is 9.49. The Morgan fingerprint density at radius 2 is 2.14 bits per heavy atom. The molecule has 3 rings (SSSR count). The van der Waals surface area contributed by atoms with Gasteiger partial charge < -0.3 is 9.94 Å². The Balaban J connectivity index is 2.08. The van der Waals surface area contributed by atoms with Gasteiger partial charge in [-0.25, -0.2) is 0 Å². The van der Waals surface area contributed by atoms with E-state index < -0.39 is 11.4 Å². The predicted octanol–water partition coefficient (Wildman–Crippen LogP) is 5.44. The summed E-state index contributed by atoms with van der Waals surface area (Å²) >= 11 is 0. The second kappa shape index (κ2) is 7.73. The molecule has 1 saturated carbocycles. The van der Waals surface area contributed by atoms with E-state index in [1.807, 2.05) is 6.92 Å². The van der Waals surface area contributed by atoms with Crippen molar-refractivity contribution in [3.05, 3.63) is 47.0 Å². The Labute approximate surface area is 168 Å². The lowest BCUT2D eigenvalue weighted by molar-refractivity contribution is -0.157. The zero-order valence-electron chi connectivity index (χ0n) is 17.6. The van der Waals surface area contributed by atoms with Gasteiger partial charge in [0.25, 0.3) is 0 Å². The molecule has 152 valence electrons. The van der Waals surface area contributed by atoms with Gasteiger partial charge in [0.05, 0.1) is 11.6 Å². The molecule has 2 aliphatic rings. The van der Waals surface area contributed by atoms with Crippen LogP contribution in [0.15, 0.2) is 29.9 Å². The lowest BCUT2D eigenvalue weighted by Crippen LogP contribution is -2.52. The van der Waals surface area contributed by atoms with Crippen LogP contribution in [-0.2, 0) is 21.5 Å². The highest BCUT2D eigenvalue weighted by atomic mass is 16.6. The van der Waals surface area contributed by atoms with Crippen molar-refractivity contribution in [1.82, 2.24) is 0 Å². The molecule has 0 radical (unpaired) electrons. The molecule has 0 saturated heterocycles. The van der Waals surface area contributed by atoms with Gasteiger partial charge in [0.15, 0.2) is 0 Å². The molecule has 1 aromatic rings. The van der Waals surface area contributed by atoms with Crippen LogP contribution in [0.1, 0.15) is 81.5 Å². The third kappa shape index (κ3) is 3.38. The van der Waals surface area contributed by atoms with E-state index in [1.165, 1.54) is 16.7 Å². The average molecular weight is 384 g/mol. The molecule has 0 aromatic heterocycles. The normalized spacial score (nSPS) is 29.4. The summed E-state index contributed by atoms with van der Waals surface area (Å²) in [5, 5.41) is 14.1. The number of carbonyl (C=O) groups is 1. The minimum absolute atomic E-state index is 0.112. The van der Waals surface area contributed by atoms with Crippen LogP contribution in [0.3, 0.4) is 0 Å². The highest BCUT2D eigenvalue weighted by Crippen LogP contribution is 2.57. The molecule has 0 amide bonds. The van der Waals surface area contributed by atoms with Crippen LogP contribution < -0.4 is 0 Å². The molecular formula is C24H33NO3. The number of oxime groups is 1. The topological polar surface area (TPSA) is 58.9 Å². The molecule has 0 heterocycles. The smallest absolute Gasteiger partial charge is 0.309 e. The van der Waals surface area contributed by atoms with Crippen molar-refractivity contribution in [3.63, 3.8) is 0 Å². The molecule has 1 N–H and O–H groups in total. The minimum Gasteiger partial charge on any atom is -0.481 e. The summed E-state index contributed by atoms with van der Waals surface area (Å²) in [6, 6.07) is 4.58. The molecule has 0 spiro atoms. The number of carboxylic acids is 1. The predicted molar refractivity (Wildman–Crippen MR) is 113 cm³/mol. The maximum absolute atomic E-state index is 12.2. The third-order valence-electron chi connectivity index (χ3n) is 7.13. The van der Waals surface area contributed by atoms with Crippen LogP contribution in [0.25, 0.3) is 0 Å². The van der Waals surface area contributed by atoms with Crippen LogP contribution >= 0.6 is 0 Å². The Kier molecular flexibility index (Phi) is 5.69. The van der Waals surface area contributed by atoms with Crippen molar-refractivity contribution in [3.8, 4) is 0 Å². The first kappa shape index (κ1) is 20.6. The Morgan fingerprint density at radius 1 is 1.39 bits per heavy atom. The second-order valence-electron chi connectivity index (χ2n) is 9.20. The van der Waals surface area contributed by atoms with Gasteiger partial charge in [-0.1, -0.05) is 51.1 Å². The number of nitrogens with zero attached hydrogens (tertiary/aromatic N) is 1. The monoisotopic (exact) mass is 383 g/mol. The fraction of sp³-hybridized carbons (Fsp3) is 0.583. The van der Waals surface area contributed by atoms with Crippen molar-refractivity contribution in [2.75, 3.05) is 6.61 Å². The molecular weight excluding hydrogens is 350 g/mol. The van der Waals surface area contributed by atoms with Crippen LogP contribution in [0.5, 0.6) is 0 Å². The average Bonchev–Trinajstić information content (AvgIpc) is 2.64. The Hall–Kier alpha value is -2.10. The van der Waals surface area contributed by atoms with Crippen molar-refractivity contribution >= 4 is 12.2 Å². The molecule has 2 aliphatic carbocycles. The number of hydrogen-bond donors (Lipinski definition) is 1. The summed E-state index contributed by atoms with van der Waals surface area (Å²) in [6.45, 7) is 12.6. The van der Waals surface area contributed by atoms with Gasteiger partial charge in [0.2, 0.25) is 0 Å². The SMILES string of the molecule is C=CCO/N=C/c1cc2c(cc1C(C)C)CCC1[C@](C)(C(=O)O)CCC[C@]21C. The summed E-state index contributed by atoms with van der Waals surface area (Å²) in [4.78, 5) is 17.4. The lowest BCUT2D eigenvalue weighted by Gasteiger charge is -2.53. The fourth-order valence-corrected chi connectivity index (χ4v) is 5.61. The molecule has 3 atom stereocenters. The van der Waals surface area contributed by atoms with E-state index in [-0.39, 0.29) is 11.3 Å². The molecule has 1 unspecified atom stereocenters. The number of hydrogen-bond acceptors (Lipinski definition) is 3. The van der Waals surface area contributed by atoms with E-state index in [4.69, 9.17) is 4.84 Å². The van der Waals surface area contributed by atoms with Crippen molar-refractivity contribution in [1.29, 1.82) is 0 Å². The highest BCUT2D eigenvalue weighted by Gasteiger charge is 2.55. The van der Waals surface area contributed by atoms with Gasteiger partial charge in [-0.3, -0.25) is 4.79 Å². The van der Waals surface area contributed by atoms with Crippen molar-refractivity contribution < 1.29 is 14.7 Å². The molecule has 1 aromatic carbocycles. The number of carboxylic acid groups (broad SMARTS) is 1. The summed E-state index contributed by atoms with van der Waals surface area (Å²) in [7, 11) is 0. The number of aliphatic carboxylic acids is 1. The summed E-state index contributed by atoms with van der Waals surface area (Å²) < 4.78 is 0. The maximum atomic E-state index is 12.2. The number of fused-ring (bicyclic) bond motifs is 3. The second-order valence-corrected chi connectivity index (χ2v) is 9.20. The van der Waals surface area contributed by atoms with E-state index in [0.717, 1.165) is 37.7 Å². The van der Waals surface area contributed by atoms with Crippen LogP contribution in [0, 0.1) is 11.3 Å². The Bertz CT molecular complexity index is 797. The van der Waals surface area contributed by atoms with Crippen LogP contribution in [0.4, 0.5) is 0 Å². The van der Waals surface area contributed by atoms with Gasteiger partial charge in [0, 0.05) is 0 Å². The van der Waals surface area contributed by atoms with Crippen LogP contribution in [0.2, 0.25) is 0 Å². The van der Waals surface area contributed by atoms with E-state index in [2.05, 4.69) is 44.6 Å². The van der Waals surface area contributed by atoms with E-state index in [9.17, 15) is 9.90 Å². The molecule has 28 heavy (non-hydrogen) atoms.